The smallest absolute Gasteiger partial charge is 0.293 e. The van der Waals surface area contributed by atoms with Crippen molar-refractivity contribution < 1.29 is 0 Å². The van der Waals surface area contributed by atoms with Crippen molar-refractivity contribution in [2.75, 3.05) is 5.32 Å². The first kappa shape index (κ1) is 12.3. The standard InChI is InChI=1S/C12H17N5O/c1-3-5-17-6-4-13-11(12(17)18)14-7-10-8-15-16(2)9-10/h4,6,8-9H,3,5,7H2,1-2H3,(H,13,14). The second-order valence-corrected chi connectivity index (χ2v) is 4.15. The van der Waals surface area contributed by atoms with E-state index in [-0.39, 0.29) is 5.56 Å². The predicted octanol–water partition coefficient (Wildman–Crippen LogP) is 0.999. The van der Waals surface area contributed by atoms with Gasteiger partial charge in [-0.05, 0) is 6.42 Å². The quantitative estimate of drug-likeness (QED) is 0.856. The largest absolute Gasteiger partial charge is 0.361 e. The van der Waals surface area contributed by atoms with Crippen LogP contribution in [0, 0.1) is 0 Å². The fourth-order valence-electron chi connectivity index (χ4n) is 1.73. The summed E-state index contributed by atoms with van der Waals surface area (Å²) in [7, 11) is 1.86. The summed E-state index contributed by atoms with van der Waals surface area (Å²) in [4.78, 5) is 16.1. The van der Waals surface area contributed by atoms with Gasteiger partial charge < -0.3 is 9.88 Å². The highest BCUT2D eigenvalue weighted by Gasteiger charge is 2.04. The van der Waals surface area contributed by atoms with E-state index in [1.54, 1.807) is 27.8 Å². The van der Waals surface area contributed by atoms with Gasteiger partial charge in [-0.15, -0.1) is 0 Å². The van der Waals surface area contributed by atoms with Gasteiger partial charge in [0.2, 0.25) is 0 Å². The van der Waals surface area contributed by atoms with Gasteiger partial charge in [-0.3, -0.25) is 9.48 Å². The summed E-state index contributed by atoms with van der Waals surface area (Å²) < 4.78 is 3.39. The molecule has 18 heavy (non-hydrogen) atoms. The third-order valence-electron chi connectivity index (χ3n) is 2.60. The zero-order valence-electron chi connectivity index (χ0n) is 10.6. The summed E-state index contributed by atoms with van der Waals surface area (Å²) >= 11 is 0. The van der Waals surface area contributed by atoms with Gasteiger partial charge in [0.25, 0.3) is 5.56 Å². The van der Waals surface area contributed by atoms with E-state index in [0.717, 1.165) is 12.0 Å². The normalized spacial score (nSPS) is 10.6. The molecule has 0 unspecified atom stereocenters. The maximum absolute atomic E-state index is 12.0. The van der Waals surface area contributed by atoms with Crippen molar-refractivity contribution in [1.82, 2.24) is 19.3 Å². The van der Waals surface area contributed by atoms with Gasteiger partial charge >= 0.3 is 0 Å². The summed E-state index contributed by atoms with van der Waals surface area (Å²) in [5, 5.41) is 7.11. The van der Waals surface area contributed by atoms with Crippen molar-refractivity contribution >= 4 is 5.82 Å². The second kappa shape index (κ2) is 5.48. The Kier molecular flexibility index (Phi) is 3.76. The fourth-order valence-corrected chi connectivity index (χ4v) is 1.73. The highest BCUT2D eigenvalue weighted by molar-refractivity contribution is 5.31. The third kappa shape index (κ3) is 2.77. The van der Waals surface area contributed by atoms with Crippen LogP contribution in [0.25, 0.3) is 0 Å². The first-order valence-corrected chi connectivity index (χ1v) is 5.97. The van der Waals surface area contributed by atoms with Crippen LogP contribution in [0.2, 0.25) is 0 Å². The number of nitrogens with zero attached hydrogens (tertiary/aromatic N) is 4. The van der Waals surface area contributed by atoms with E-state index >= 15 is 0 Å². The molecule has 0 spiro atoms. The van der Waals surface area contributed by atoms with E-state index in [2.05, 4.69) is 15.4 Å². The number of hydrogen-bond acceptors (Lipinski definition) is 4. The monoisotopic (exact) mass is 247 g/mol. The van der Waals surface area contributed by atoms with E-state index in [4.69, 9.17) is 0 Å². The van der Waals surface area contributed by atoms with Crippen LogP contribution in [0.3, 0.4) is 0 Å². The molecule has 0 saturated heterocycles. The zero-order valence-corrected chi connectivity index (χ0v) is 10.6. The number of aryl methyl sites for hydroxylation is 2. The Morgan fingerprint density at radius 2 is 2.28 bits per heavy atom. The lowest BCUT2D eigenvalue weighted by Gasteiger charge is -2.07. The molecule has 2 heterocycles. The molecule has 0 aliphatic carbocycles. The van der Waals surface area contributed by atoms with Crippen LogP contribution in [0.1, 0.15) is 18.9 Å². The lowest BCUT2D eigenvalue weighted by atomic mass is 10.3. The number of nitrogens with one attached hydrogen (secondary N) is 1. The van der Waals surface area contributed by atoms with Gasteiger partial charge in [0.1, 0.15) is 0 Å². The molecule has 0 saturated carbocycles. The Morgan fingerprint density at radius 1 is 1.44 bits per heavy atom. The van der Waals surface area contributed by atoms with E-state index < -0.39 is 0 Å². The molecular weight excluding hydrogens is 230 g/mol. The molecular formula is C12H17N5O. The molecule has 2 rings (SSSR count). The van der Waals surface area contributed by atoms with Gasteiger partial charge in [-0.1, -0.05) is 6.92 Å². The highest BCUT2D eigenvalue weighted by atomic mass is 16.1. The van der Waals surface area contributed by atoms with E-state index in [1.807, 2.05) is 20.2 Å². The van der Waals surface area contributed by atoms with Crippen LogP contribution >= 0.6 is 0 Å². The molecule has 2 aromatic rings. The minimum Gasteiger partial charge on any atom is -0.361 e. The molecule has 6 nitrogen and oxygen atoms in total. The number of rotatable bonds is 5. The molecule has 0 atom stereocenters. The molecule has 2 aromatic heterocycles. The predicted molar refractivity (Wildman–Crippen MR) is 69.3 cm³/mol. The van der Waals surface area contributed by atoms with Crippen molar-refractivity contribution in [3.8, 4) is 0 Å². The van der Waals surface area contributed by atoms with Crippen molar-refractivity contribution in [3.05, 3.63) is 40.7 Å². The second-order valence-electron chi connectivity index (χ2n) is 4.15. The number of anilines is 1. The average molecular weight is 247 g/mol. The van der Waals surface area contributed by atoms with E-state index in [0.29, 0.717) is 18.9 Å². The fraction of sp³-hybridized carbons (Fsp3) is 0.417. The Balaban J connectivity index is 2.09. The molecule has 0 fully saturated rings. The SMILES string of the molecule is CCCn1ccnc(NCc2cnn(C)c2)c1=O. The first-order chi connectivity index (χ1) is 8.70. The Morgan fingerprint density at radius 3 is 2.94 bits per heavy atom. The Bertz CT molecular complexity index is 572. The van der Waals surface area contributed by atoms with Gasteiger partial charge in [-0.25, -0.2) is 4.98 Å². The van der Waals surface area contributed by atoms with Crippen LogP contribution < -0.4 is 10.9 Å². The van der Waals surface area contributed by atoms with Gasteiger partial charge in [-0.2, -0.15) is 5.10 Å². The van der Waals surface area contributed by atoms with Gasteiger partial charge in [0.15, 0.2) is 5.82 Å². The van der Waals surface area contributed by atoms with Crippen LogP contribution in [-0.2, 0) is 20.1 Å². The molecule has 0 aliphatic rings. The Labute approximate surface area is 105 Å². The van der Waals surface area contributed by atoms with Crippen LogP contribution in [0.15, 0.2) is 29.6 Å². The lowest BCUT2D eigenvalue weighted by Crippen LogP contribution is -2.24. The molecule has 0 aliphatic heterocycles. The maximum atomic E-state index is 12.0. The average Bonchev–Trinajstić information content (AvgIpc) is 2.77. The van der Waals surface area contributed by atoms with Crippen molar-refractivity contribution in [1.29, 1.82) is 0 Å². The van der Waals surface area contributed by atoms with Crippen molar-refractivity contribution in [2.45, 2.75) is 26.4 Å². The Hall–Kier alpha value is -2.11. The summed E-state index contributed by atoms with van der Waals surface area (Å²) in [5.41, 5.74) is 0.938. The zero-order chi connectivity index (χ0) is 13.0. The van der Waals surface area contributed by atoms with Gasteiger partial charge in [0, 0.05) is 44.3 Å². The molecule has 0 radical (unpaired) electrons. The molecule has 6 heteroatoms. The molecule has 1 N–H and O–H groups in total. The van der Waals surface area contributed by atoms with Crippen LogP contribution in [0.4, 0.5) is 5.82 Å². The van der Waals surface area contributed by atoms with Crippen molar-refractivity contribution in [3.63, 3.8) is 0 Å². The van der Waals surface area contributed by atoms with E-state index in [9.17, 15) is 4.79 Å². The molecule has 0 bridgehead atoms. The summed E-state index contributed by atoms with van der Waals surface area (Å²) in [5.74, 6) is 0.384. The molecule has 0 amide bonds. The van der Waals surface area contributed by atoms with Crippen LogP contribution in [-0.4, -0.2) is 19.3 Å². The van der Waals surface area contributed by atoms with Crippen molar-refractivity contribution in [2.24, 2.45) is 7.05 Å². The van der Waals surface area contributed by atoms with Gasteiger partial charge in [0.05, 0.1) is 6.20 Å². The third-order valence-corrected chi connectivity index (χ3v) is 2.60. The number of hydrogen-bond donors (Lipinski definition) is 1. The molecule has 0 aromatic carbocycles. The summed E-state index contributed by atoms with van der Waals surface area (Å²) in [6.07, 6.45) is 7.94. The lowest BCUT2D eigenvalue weighted by molar-refractivity contribution is 0.649. The highest BCUT2D eigenvalue weighted by Crippen LogP contribution is 2.00. The maximum Gasteiger partial charge on any atom is 0.293 e. The van der Waals surface area contributed by atoms with Crippen LogP contribution in [0.5, 0.6) is 0 Å². The molecule has 96 valence electrons. The number of aromatic nitrogens is 4. The summed E-state index contributed by atoms with van der Waals surface area (Å²) in [6, 6.07) is 0. The topological polar surface area (TPSA) is 64.7 Å². The minimum atomic E-state index is -0.0803. The summed E-state index contributed by atoms with van der Waals surface area (Å²) in [6.45, 7) is 3.30. The minimum absolute atomic E-state index is 0.0803. The van der Waals surface area contributed by atoms with E-state index in [1.165, 1.54) is 0 Å². The first-order valence-electron chi connectivity index (χ1n) is 5.97.